The molecule has 0 aromatic carbocycles. The second-order valence-electron chi connectivity index (χ2n) is 4.72. The van der Waals surface area contributed by atoms with Crippen LogP contribution in [-0.4, -0.2) is 33.0 Å². The maximum atomic E-state index is 3.64. The fourth-order valence-corrected chi connectivity index (χ4v) is 5.48. The molecule has 0 aliphatic rings. The molecule has 0 rings (SSSR count). The monoisotopic (exact) mass is 189 g/mol. The van der Waals surface area contributed by atoms with Crippen molar-refractivity contribution in [2.24, 2.45) is 0 Å². The summed E-state index contributed by atoms with van der Waals surface area (Å²) in [6.45, 7) is 10.4. The molecule has 0 heterocycles. The van der Waals surface area contributed by atoms with Crippen molar-refractivity contribution in [3.05, 3.63) is 0 Å². The Balaban J connectivity index is 4.60. The van der Waals surface area contributed by atoms with E-state index in [1.54, 1.807) is 0 Å². The topological polar surface area (TPSA) is 12.0 Å². The van der Waals surface area contributed by atoms with Crippen molar-refractivity contribution in [3.8, 4) is 0 Å². The quantitative estimate of drug-likeness (QED) is 0.517. The van der Waals surface area contributed by atoms with E-state index in [0.717, 1.165) is 6.43 Å². The van der Waals surface area contributed by atoms with Crippen molar-refractivity contribution >= 4 is 13.1 Å². The van der Waals surface area contributed by atoms with Crippen LogP contribution in [0, 0.1) is 0 Å². The molecule has 0 bridgehead atoms. The molecule has 0 aromatic heterocycles. The summed E-state index contributed by atoms with van der Waals surface area (Å²) in [6.07, 6.45) is 4.82. The van der Waals surface area contributed by atoms with E-state index in [1.165, 1.54) is 18.9 Å². The molecule has 74 valence electrons. The standard InChI is InChI=1S/C9H25BNP/c1-7-9-12(5,6,11-4)10(3)8-2/h11H,7-9H2,1-6H3. The molecule has 0 fully saturated rings. The first kappa shape index (κ1) is 12.5. The van der Waals surface area contributed by atoms with Crippen molar-refractivity contribution in [2.75, 3.05) is 26.5 Å². The van der Waals surface area contributed by atoms with Crippen LogP contribution in [0.1, 0.15) is 20.3 Å². The molecular formula is C9H25BNP. The van der Waals surface area contributed by atoms with Gasteiger partial charge in [0, 0.05) is 0 Å². The second-order valence-corrected chi connectivity index (χ2v) is 11.5. The van der Waals surface area contributed by atoms with Gasteiger partial charge in [0.2, 0.25) is 0 Å². The van der Waals surface area contributed by atoms with Gasteiger partial charge >= 0.3 is 78.1 Å². The Kier molecular flexibility index (Phi) is 4.27. The minimum atomic E-state index is -1.54. The molecule has 0 amide bonds. The van der Waals surface area contributed by atoms with Gasteiger partial charge in [-0.15, -0.1) is 0 Å². The van der Waals surface area contributed by atoms with Gasteiger partial charge in [0.05, 0.1) is 0 Å². The normalized spacial score (nSPS) is 15.3. The summed E-state index contributed by atoms with van der Waals surface area (Å²) < 4.78 is 0. The summed E-state index contributed by atoms with van der Waals surface area (Å²) in [7, 11) is 2.14. The van der Waals surface area contributed by atoms with Crippen LogP contribution in [0.3, 0.4) is 0 Å². The van der Waals surface area contributed by atoms with Crippen molar-refractivity contribution in [3.63, 3.8) is 0 Å². The van der Waals surface area contributed by atoms with Crippen LogP contribution >= 0.6 is 6.63 Å². The van der Waals surface area contributed by atoms with E-state index < -0.39 is 6.63 Å². The van der Waals surface area contributed by atoms with Crippen molar-refractivity contribution in [1.29, 1.82) is 0 Å². The van der Waals surface area contributed by atoms with Gasteiger partial charge in [-0.3, -0.25) is 0 Å². The molecule has 0 spiro atoms. The van der Waals surface area contributed by atoms with Crippen LogP contribution < -0.4 is 5.09 Å². The van der Waals surface area contributed by atoms with Crippen LogP contribution in [0.15, 0.2) is 0 Å². The SMILES string of the molecule is CCCP(C)(C)(NC)B(C)CC. The summed E-state index contributed by atoms with van der Waals surface area (Å²) >= 11 is 0. The van der Waals surface area contributed by atoms with Gasteiger partial charge in [-0.1, -0.05) is 0 Å². The summed E-state index contributed by atoms with van der Waals surface area (Å²) in [4.78, 5) is 0. The summed E-state index contributed by atoms with van der Waals surface area (Å²) in [5.74, 6) is 0. The Morgan fingerprint density at radius 1 is 1.25 bits per heavy atom. The minimum absolute atomic E-state index is 0.848. The molecular weight excluding hydrogens is 164 g/mol. The van der Waals surface area contributed by atoms with E-state index in [4.69, 9.17) is 0 Å². The van der Waals surface area contributed by atoms with Gasteiger partial charge in [-0.25, -0.2) is 0 Å². The third kappa shape index (κ3) is 2.47. The van der Waals surface area contributed by atoms with E-state index >= 15 is 0 Å². The zero-order valence-corrected chi connectivity index (χ0v) is 10.5. The van der Waals surface area contributed by atoms with Gasteiger partial charge in [-0.2, -0.15) is 0 Å². The average Bonchev–Trinajstić information content (AvgIpc) is 2.04. The molecule has 1 nitrogen and oxygen atoms in total. The van der Waals surface area contributed by atoms with E-state index in [-0.39, 0.29) is 0 Å². The van der Waals surface area contributed by atoms with E-state index in [2.05, 4.69) is 46.1 Å². The van der Waals surface area contributed by atoms with E-state index in [1.807, 2.05) is 0 Å². The molecule has 0 radical (unpaired) electrons. The molecule has 0 unspecified atom stereocenters. The third-order valence-electron chi connectivity index (χ3n) is 3.65. The van der Waals surface area contributed by atoms with Crippen LogP contribution in [0.5, 0.6) is 0 Å². The Hall–Kier alpha value is 0.455. The van der Waals surface area contributed by atoms with Crippen LogP contribution in [0.25, 0.3) is 0 Å². The predicted octanol–water partition coefficient (Wildman–Crippen LogP) is 2.98. The summed E-state index contributed by atoms with van der Waals surface area (Å²) in [5, 5.41) is 3.64. The predicted molar refractivity (Wildman–Crippen MR) is 65.1 cm³/mol. The van der Waals surface area contributed by atoms with E-state index in [0.29, 0.717) is 0 Å². The van der Waals surface area contributed by atoms with Gasteiger partial charge in [0.15, 0.2) is 0 Å². The molecule has 0 saturated heterocycles. The van der Waals surface area contributed by atoms with Crippen LogP contribution in [0.4, 0.5) is 0 Å². The molecule has 3 heteroatoms. The van der Waals surface area contributed by atoms with Gasteiger partial charge in [-0.05, 0) is 0 Å². The molecule has 1 N–H and O–H groups in total. The van der Waals surface area contributed by atoms with Crippen LogP contribution in [-0.2, 0) is 0 Å². The van der Waals surface area contributed by atoms with Crippen LogP contribution in [0.2, 0.25) is 13.1 Å². The zero-order chi connectivity index (χ0) is 9.85. The van der Waals surface area contributed by atoms with E-state index in [9.17, 15) is 0 Å². The zero-order valence-electron chi connectivity index (χ0n) is 9.65. The van der Waals surface area contributed by atoms with Crippen molar-refractivity contribution in [2.45, 2.75) is 33.4 Å². The first-order valence-electron chi connectivity index (χ1n) is 5.09. The summed E-state index contributed by atoms with van der Waals surface area (Å²) in [5.41, 5.74) is 0. The van der Waals surface area contributed by atoms with Crippen molar-refractivity contribution in [1.82, 2.24) is 5.09 Å². The fraction of sp³-hybridized carbons (Fsp3) is 1.00. The maximum absolute atomic E-state index is 3.64. The fourth-order valence-electron chi connectivity index (χ4n) is 1.83. The molecule has 0 saturated carbocycles. The number of hydrogen-bond donors (Lipinski definition) is 1. The molecule has 0 aliphatic carbocycles. The Morgan fingerprint density at radius 2 is 1.75 bits per heavy atom. The Morgan fingerprint density at radius 3 is 2.00 bits per heavy atom. The number of rotatable bonds is 5. The van der Waals surface area contributed by atoms with Crippen molar-refractivity contribution < 1.29 is 0 Å². The Bertz CT molecular complexity index is 147. The molecule has 12 heavy (non-hydrogen) atoms. The van der Waals surface area contributed by atoms with Gasteiger partial charge in [0.1, 0.15) is 0 Å². The van der Waals surface area contributed by atoms with Gasteiger partial charge in [0.25, 0.3) is 0 Å². The number of nitrogens with one attached hydrogen (secondary N) is 1. The van der Waals surface area contributed by atoms with Gasteiger partial charge < -0.3 is 0 Å². The molecule has 0 aliphatic heterocycles. The number of hydrogen-bond acceptors (Lipinski definition) is 1. The first-order valence-corrected chi connectivity index (χ1v) is 8.48. The Labute approximate surface area is 78.7 Å². The second kappa shape index (κ2) is 4.11. The molecule has 0 aromatic rings. The molecule has 0 atom stereocenters. The average molecular weight is 189 g/mol. The summed E-state index contributed by atoms with van der Waals surface area (Å²) in [6, 6.07) is 0. The first-order chi connectivity index (χ1) is 5.39. The third-order valence-corrected chi connectivity index (χ3v) is 10.1.